The lowest BCUT2D eigenvalue weighted by Crippen LogP contribution is -2.43. The quantitative estimate of drug-likeness (QED) is 0.645. The van der Waals surface area contributed by atoms with Crippen LogP contribution in [0.2, 0.25) is 0 Å². The first kappa shape index (κ1) is 20.4. The standard InChI is InChI=1S/C23H34N4O/c1-7-10-18(11-8-2)27-20(9-3)24-22-21(27)23(28)25(6)15-26(22)19-13-12-16(4)14-17(19)5/h12-14,18H,7-11,15H2,1-6H3. The molecule has 0 radical (unpaired) electrons. The topological polar surface area (TPSA) is 41.4 Å². The Bertz CT molecular complexity index is 849. The summed E-state index contributed by atoms with van der Waals surface area (Å²) >= 11 is 0. The fourth-order valence-electron chi connectivity index (χ4n) is 4.39. The maximum atomic E-state index is 13.2. The summed E-state index contributed by atoms with van der Waals surface area (Å²) in [5.74, 6) is 1.93. The van der Waals surface area contributed by atoms with E-state index in [0.29, 0.717) is 12.7 Å². The van der Waals surface area contributed by atoms with Crippen molar-refractivity contribution in [3.05, 3.63) is 40.8 Å². The molecule has 1 amide bonds. The van der Waals surface area contributed by atoms with E-state index >= 15 is 0 Å². The van der Waals surface area contributed by atoms with Gasteiger partial charge in [0.2, 0.25) is 0 Å². The SMILES string of the molecule is CCCC(CCC)n1c(CC)nc2c1C(=O)N(C)CN2c1ccc(C)cc1C. The molecule has 1 aliphatic rings. The Hall–Kier alpha value is -2.30. The third kappa shape index (κ3) is 3.54. The molecule has 5 heteroatoms. The van der Waals surface area contributed by atoms with Gasteiger partial charge in [0.1, 0.15) is 5.82 Å². The molecular formula is C23H34N4O. The summed E-state index contributed by atoms with van der Waals surface area (Å²) in [6.45, 7) is 11.3. The summed E-state index contributed by atoms with van der Waals surface area (Å²) in [5.41, 5.74) is 4.34. The van der Waals surface area contributed by atoms with Gasteiger partial charge in [0.05, 0.1) is 6.67 Å². The first-order valence-electron chi connectivity index (χ1n) is 10.6. The van der Waals surface area contributed by atoms with Crippen LogP contribution in [0, 0.1) is 13.8 Å². The average molecular weight is 383 g/mol. The molecule has 2 aromatic rings. The number of imidazole rings is 1. The van der Waals surface area contributed by atoms with Gasteiger partial charge in [-0.15, -0.1) is 0 Å². The number of carbonyl (C=O) groups is 1. The Morgan fingerprint density at radius 1 is 1.11 bits per heavy atom. The highest BCUT2D eigenvalue weighted by atomic mass is 16.2. The van der Waals surface area contributed by atoms with Crippen molar-refractivity contribution in [1.29, 1.82) is 0 Å². The van der Waals surface area contributed by atoms with Gasteiger partial charge in [-0.05, 0) is 38.3 Å². The van der Waals surface area contributed by atoms with Gasteiger partial charge in [-0.1, -0.05) is 51.3 Å². The molecule has 1 aromatic heterocycles. The van der Waals surface area contributed by atoms with Crippen molar-refractivity contribution < 1.29 is 4.79 Å². The minimum absolute atomic E-state index is 0.0837. The number of nitrogens with zero attached hydrogens (tertiary/aromatic N) is 4. The Morgan fingerprint density at radius 3 is 2.36 bits per heavy atom. The number of hydrogen-bond acceptors (Lipinski definition) is 3. The maximum absolute atomic E-state index is 13.2. The van der Waals surface area contributed by atoms with Gasteiger partial charge in [0.15, 0.2) is 11.5 Å². The van der Waals surface area contributed by atoms with Gasteiger partial charge in [-0.25, -0.2) is 4.98 Å². The zero-order valence-corrected chi connectivity index (χ0v) is 18.2. The van der Waals surface area contributed by atoms with Crippen molar-refractivity contribution in [1.82, 2.24) is 14.5 Å². The number of aromatic nitrogens is 2. The summed E-state index contributed by atoms with van der Waals surface area (Å²) in [6.07, 6.45) is 5.18. The van der Waals surface area contributed by atoms with Crippen molar-refractivity contribution in [3.8, 4) is 0 Å². The monoisotopic (exact) mass is 382 g/mol. The summed E-state index contributed by atoms with van der Waals surface area (Å²) in [4.78, 5) is 22.3. The molecule has 1 aliphatic heterocycles. The molecule has 0 bridgehead atoms. The number of amides is 1. The molecule has 28 heavy (non-hydrogen) atoms. The van der Waals surface area contributed by atoms with Gasteiger partial charge in [-0.3, -0.25) is 4.79 Å². The van der Waals surface area contributed by atoms with Crippen LogP contribution in [0.5, 0.6) is 0 Å². The van der Waals surface area contributed by atoms with Crippen molar-refractivity contribution in [2.75, 3.05) is 18.6 Å². The van der Waals surface area contributed by atoms with E-state index in [2.05, 4.69) is 62.3 Å². The molecular weight excluding hydrogens is 348 g/mol. The molecule has 0 fully saturated rings. The van der Waals surface area contributed by atoms with Crippen LogP contribution in [0.1, 0.15) is 79.9 Å². The third-order valence-electron chi connectivity index (χ3n) is 5.69. The molecule has 3 rings (SSSR count). The van der Waals surface area contributed by atoms with E-state index in [-0.39, 0.29) is 5.91 Å². The largest absolute Gasteiger partial charge is 0.322 e. The van der Waals surface area contributed by atoms with E-state index in [1.54, 1.807) is 0 Å². The second-order valence-electron chi connectivity index (χ2n) is 8.02. The predicted molar refractivity (Wildman–Crippen MR) is 115 cm³/mol. The van der Waals surface area contributed by atoms with Crippen molar-refractivity contribution in [2.24, 2.45) is 0 Å². The highest BCUT2D eigenvalue weighted by Gasteiger charge is 2.36. The summed E-state index contributed by atoms with van der Waals surface area (Å²) in [7, 11) is 1.89. The number of hydrogen-bond donors (Lipinski definition) is 0. The second-order valence-corrected chi connectivity index (χ2v) is 8.02. The highest BCUT2D eigenvalue weighted by molar-refractivity contribution is 6.00. The van der Waals surface area contributed by atoms with Gasteiger partial charge in [0, 0.05) is 25.2 Å². The zero-order valence-electron chi connectivity index (χ0n) is 18.2. The molecule has 0 atom stereocenters. The number of benzene rings is 1. The van der Waals surface area contributed by atoms with E-state index in [0.717, 1.165) is 55.1 Å². The van der Waals surface area contributed by atoms with Crippen LogP contribution in [0.25, 0.3) is 0 Å². The Balaban J connectivity index is 2.19. The second kappa shape index (κ2) is 8.38. The van der Waals surface area contributed by atoms with E-state index in [1.165, 1.54) is 11.1 Å². The molecule has 2 heterocycles. The minimum Gasteiger partial charge on any atom is -0.322 e. The van der Waals surface area contributed by atoms with Crippen LogP contribution < -0.4 is 4.90 Å². The Labute approximate surface area is 169 Å². The zero-order chi connectivity index (χ0) is 20.4. The first-order chi connectivity index (χ1) is 13.4. The maximum Gasteiger partial charge on any atom is 0.275 e. The summed E-state index contributed by atoms with van der Waals surface area (Å²) in [5, 5.41) is 0. The average Bonchev–Trinajstić information content (AvgIpc) is 3.05. The lowest BCUT2D eigenvalue weighted by Gasteiger charge is -2.35. The smallest absolute Gasteiger partial charge is 0.275 e. The number of carbonyl (C=O) groups excluding carboxylic acids is 1. The molecule has 1 aromatic carbocycles. The number of aryl methyl sites for hydroxylation is 3. The third-order valence-corrected chi connectivity index (χ3v) is 5.69. The Kier molecular flexibility index (Phi) is 6.11. The van der Waals surface area contributed by atoms with Crippen LogP contribution in [-0.2, 0) is 6.42 Å². The molecule has 152 valence electrons. The van der Waals surface area contributed by atoms with Crippen molar-refractivity contribution >= 4 is 17.4 Å². The van der Waals surface area contributed by atoms with Crippen molar-refractivity contribution in [2.45, 2.75) is 72.8 Å². The summed E-state index contributed by atoms with van der Waals surface area (Å²) in [6, 6.07) is 6.81. The van der Waals surface area contributed by atoms with E-state index < -0.39 is 0 Å². The first-order valence-corrected chi connectivity index (χ1v) is 10.6. The van der Waals surface area contributed by atoms with Crippen LogP contribution in [0.3, 0.4) is 0 Å². The minimum atomic E-state index is 0.0837. The van der Waals surface area contributed by atoms with Gasteiger partial charge < -0.3 is 14.4 Å². The molecule has 0 unspecified atom stereocenters. The van der Waals surface area contributed by atoms with Crippen molar-refractivity contribution in [3.63, 3.8) is 0 Å². The number of anilines is 2. The number of rotatable bonds is 7. The van der Waals surface area contributed by atoms with Crippen LogP contribution in [0.15, 0.2) is 18.2 Å². The van der Waals surface area contributed by atoms with Crippen LogP contribution in [0.4, 0.5) is 11.5 Å². The van der Waals surface area contributed by atoms with Gasteiger partial charge in [0.25, 0.3) is 5.91 Å². The Morgan fingerprint density at radius 2 is 1.79 bits per heavy atom. The van der Waals surface area contributed by atoms with E-state index in [1.807, 2.05) is 11.9 Å². The number of fused-ring (bicyclic) bond motifs is 1. The van der Waals surface area contributed by atoms with Gasteiger partial charge in [-0.2, -0.15) is 0 Å². The van der Waals surface area contributed by atoms with E-state index in [4.69, 9.17) is 4.98 Å². The summed E-state index contributed by atoms with van der Waals surface area (Å²) < 4.78 is 2.26. The van der Waals surface area contributed by atoms with Crippen LogP contribution >= 0.6 is 0 Å². The lowest BCUT2D eigenvalue weighted by molar-refractivity contribution is 0.0772. The highest BCUT2D eigenvalue weighted by Crippen LogP contribution is 2.38. The molecule has 5 nitrogen and oxygen atoms in total. The predicted octanol–water partition coefficient (Wildman–Crippen LogP) is 5.38. The molecule has 0 saturated carbocycles. The van der Waals surface area contributed by atoms with Gasteiger partial charge >= 0.3 is 0 Å². The lowest BCUT2D eigenvalue weighted by atomic mass is 10.1. The fraction of sp³-hybridized carbons (Fsp3) is 0.565. The normalized spacial score (nSPS) is 14.2. The molecule has 0 N–H and O–H groups in total. The van der Waals surface area contributed by atoms with Crippen LogP contribution in [-0.4, -0.2) is 34.1 Å². The fourth-order valence-corrected chi connectivity index (χ4v) is 4.39. The van der Waals surface area contributed by atoms with E-state index in [9.17, 15) is 4.79 Å². The molecule has 0 spiro atoms. The molecule has 0 aliphatic carbocycles. The molecule has 0 saturated heterocycles.